The third kappa shape index (κ3) is 4.05. The van der Waals surface area contributed by atoms with Crippen molar-refractivity contribution in [3.05, 3.63) is 62.2 Å². The quantitative estimate of drug-likeness (QED) is 0.672. The number of carbonyl (C=O) groups is 1. The molecule has 27 heavy (non-hydrogen) atoms. The molecule has 0 radical (unpaired) electrons. The number of rotatable bonds is 4. The minimum Gasteiger partial charge on any atom is -0.339 e. The molecule has 6 nitrogen and oxygen atoms in total. The number of amides is 1. The van der Waals surface area contributed by atoms with Gasteiger partial charge >= 0.3 is 0 Å². The zero-order valence-corrected chi connectivity index (χ0v) is 16.2. The van der Waals surface area contributed by atoms with Crippen molar-refractivity contribution in [3.8, 4) is 0 Å². The topological polar surface area (TPSA) is 58.4 Å². The smallest absolute Gasteiger partial charge is 0.269 e. The Hall–Kier alpha value is -2.22. The number of thiophene rings is 1. The summed E-state index contributed by atoms with van der Waals surface area (Å²) in [6.45, 7) is 3.85. The van der Waals surface area contributed by atoms with Crippen molar-refractivity contribution in [2.24, 2.45) is 0 Å². The van der Waals surface area contributed by atoms with E-state index < -0.39 is 0 Å². The fourth-order valence-electron chi connectivity index (χ4n) is 3.33. The number of benzene rings is 1. The van der Waals surface area contributed by atoms with Gasteiger partial charge in [-0.05, 0) is 24.3 Å². The van der Waals surface area contributed by atoms with Crippen molar-refractivity contribution in [3.63, 3.8) is 0 Å². The van der Waals surface area contributed by atoms with Gasteiger partial charge in [-0.3, -0.25) is 19.1 Å². The first kappa shape index (κ1) is 18.2. The van der Waals surface area contributed by atoms with Crippen LogP contribution in [0.25, 0.3) is 11.0 Å². The second-order valence-electron chi connectivity index (χ2n) is 6.53. The number of hydrogen-bond donors (Lipinski definition) is 0. The lowest BCUT2D eigenvalue weighted by atomic mass is 10.2. The van der Waals surface area contributed by atoms with Crippen LogP contribution in [-0.4, -0.2) is 51.4 Å². The Morgan fingerprint density at radius 3 is 2.63 bits per heavy atom. The SMILES string of the molecule is O=C(Cn1c(=O)cnc2ccccc21)N1CCN(Cc2ccc(Cl)s2)CC1. The summed E-state index contributed by atoms with van der Waals surface area (Å²) >= 11 is 7.58. The summed E-state index contributed by atoms with van der Waals surface area (Å²) in [6.07, 6.45) is 1.28. The van der Waals surface area contributed by atoms with Crippen LogP contribution in [-0.2, 0) is 17.9 Å². The van der Waals surface area contributed by atoms with E-state index in [0.29, 0.717) is 24.1 Å². The second kappa shape index (κ2) is 7.80. The summed E-state index contributed by atoms with van der Waals surface area (Å²) in [6, 6.07) is 11.3. The molecule has 1 aliphatic heterocycles. The molecule has 2 aromatic heterocycles. The molecule has 0 atom stereocenters. The van der Waals surface area contributed by atoms with Gasteiger partial charge in [-0.2, -0.15) is 0 Å². The van der Waals surface area contributed by atoms with E-state index in [4.69, 9.17) is 11.6 Å². The molecular weight excluding hydrogens is 384 g/mol. The number of halogens is 1. The normalized spacial score (nSPS) is 15.4. The first-order valence-electron chi connectivity index (χ1n) is 8.79. The fourth-order valence-corrected chi connectivity index (χ4v) is 4.46. The third-order valence-corrected chi connectivity index (χ3v) is 6.00. The summed E-state index contributed by atoms with van der Waals surface area (Å²) in [7, 11) is 0. The van der Waals surface area contributed by atoms with Crippen LogP contribution in [0.2, 0.25) is 4.34 Å². The molecular formula is C19H19ClN4O2S. The van der Waals surface area contributed by atoms with E-state index in [1.807, 2.05) is 41.3 Å². The van der Waals surface area contributed by atoms with Crippen LogP contribution in [0.4, 0.5) is 0 Å². The molecule has 0 saturated carbocycles. The van der Waals surface area contributed by atoms with Crippen molar-refractivity contribution in [2.45, 2.75) is 13.1 Å². The molecule has 0 N–H and O–H groups in total. The fraction of sp³-hybridized carbons (Fsp3) is 0.316. The molecule has 1 aliphatic rings. The third-order valence-electron chi connectivity index (χ3n) is 4.78. The van der Waals surface area contributed by atoms with Crippen LogP contribution >= 0.6 is 22.9 Å². The van der Waals surface area contributed by atoms with E-state index in [1.165, 1.54) is 15.6 Å². The van der Waals surface area contributed by atoms with E-state index >= 15 is 0 Å². The molecule has 1 aromatic carbocycles. The van der Waals surface area contributed by atoms with E-state index in [2.05, 4.69) is 9.88 Å². The van der Waals surface area contributed by atoms with Crippen LogP contribution in [0.3, 0.4) is 0 Å². The van der Waals surface area contributed by atoms with E-state index in [9.17, 15) is 9.59 Å². The molecule has 1 amide bonds. The second-order valence-corrected chi connectivity index (χ2v) is 8.33. The molecule has 3 aromatic rings. The zero-order chi connectivity index (χ0) is 18.8. The van der Waals surface area contributed by atoms with Crippen molar-refractivity contribution in [2.75, 3.05) is 26.2 Å². The Kier molecular flexibility index (Phi) is 5.24. The number of nitrogens with zero attached hydrogens (tertiary/aromatic N) is 4. The van der Waals surface area contributed by atoms with Crippen LogP contribution in [0, 0.1) is 0 Å². The number of para-hydroxylation sites is 2. The Balaban J connectivity index is 1.40. The lowest BCUT2D eigenvalue weighted by Gasteiger charge is -2.34. The molecule has 0 spiro atoms. The van der Waals surface area contributed by atoms with Gasteiger partial charge < -0.3 is 4.90 Å². The van der Waals surface area contributed by atoms with Gasteiger partial charge in [0, 0.05) is 37.6 Å². The highest BCUT2D eigenvalue weighted by Gasteiger charge is 2.22. The van der Waals surface area contributed by atoms with E-state index in [1.54, 1.807) is 11.3 Å². The van der Waals surface area contributed by atoms with Crippen molar-refractivity contribution >= 4 is 39.9 Å². The maximum Gasteiger partial charge on any atom is 0.269 e. The average molecular weight is 403 g/mol. The van der Waals surface area contributed by atoms with Gasteiger partial charge in [-0.15, -0.1) is 11.3 Å². The number of piperazine rings is 1. The average Bonchev–Trinajstić information content (AvgIpc) is 3.09. The van der Waals surface area contributed by atoms with E-state index in [-0.39, 0.29) is 18.0 Å². The van der Waals surface area contributed by atoms with Gasteiger partial charge in [0.25, 0.3) is 5.56 Å². The molecule has 0 bridgehead atoms. The molecule has 0 aliphatic carbocycles. The number of carbonyl (C=O) groups excluding carboxylic acids is 1. The molecule has 140 valence electrons. The maximum atomic E-state index is 12.7. The summed E-state index contributed by atoms with van der Waals surface area (Å²) in [4.78, 5) is 34.5. The highest BCUT2D eigenvalue weighted by molar-refractivity contribution is 7.16. The number of hydrogen-bond acceptors (Lipinski definition) is 5. The number of aromatic nitrogens is 2. The van der Waals surface area contributed by atoms with Crippen LogP contribution in [0.5, 0.6) is 0 Å². The van der Waals surface area contributed by atoms with Crippen LogP contribution in [0.15, 0.2) is 47.4 Å². The predicted octanol–water partition coefficient (Wildman–Crippen LogP) is 2.46. The Labute approximate surface area is 165 Å². The lowest BCUT2D eigenvalue weighted by molar-refractivity contribution is -0.133. The largest absolute Gasteiger partial charge is 0.339 e. The van der Waals surface area contributed by atoms with Gasteiger partial charge in [0.15, 0.2) is 0 Å². The first-order valence-corrected chi connectivity index (χ1v) is 9.98. The van der Waals surface area contributed by atoms with Crippen molar-refractivity contribution < 1.29 is 4.79 Å². The van der Waals surface area contributed by atoms with E-state index in [0.717, 1.165) is 24.0 Å². The summed E-state index contributed by atoms with van der Waals surface area (Å²) in [5.41, 5.74) is 1.14. The van der Waals surface area contributed by atoms with Crippen molar-refractivity contribution in [1.29, 1.82) is 0 Å². The molecule has 1 fully saturated rings. The van der Waals surface area contributed by atoms with Gasteiger partial charge in [0.05, 0.1) is 21.6 Å². The van der Waals surface area contributed by atoms with Crippen LogP contribution in [0.1, 0.15) is 4.88 Å². The highest BCUT2D eigenvalue weighted by atomic mass is 35.5. The van der Waals surface area contributed by atoms with Crippen LogP contribution < -0.4 is 5.56 Å². The molecule has 3 heterocycles. The maximum absolute atomic E-state index is 12.7. The predicted molar refractivity (Wildman–Crippen MR) is 107 cm³/mol. The standard InChI is InChI=1S/C19H19ClN4O2S/c20-17-6-5-14(27-17)12-22-7-9-23(10-8-22)19(26)13-24-16-4-2-1-3-15(16)21-11-18(24)25/h1-6,11H,7-10,12-13H2. The molecule has 1 saturated heterocycles. The number of fused-ring (bicyclic) bond motifs is 1. The Morgan fingerprint density at radius 2 is 1.89 bits per heavy atom. The Morgan fingerprint density at radius 1 is 1.11 bits per heavy atom. The zero-order valence-electron chi connectivity index (χ0n) is 14.7. The van der Waals surface area contributed by atoms with Gasteiger partial charge in [0.2, 0.25) is 5.91 Å². The first-order chi connectivity index (χ1) is 13.1. The Bertz CT molecular complexity index is 1020. The molecule has 4 rings (SSSR count). The van der Waals surface area contributed by atoms with Crippen molar-refractivity contribution in [1.82, 2.24) is 19.4 Å². The summed E-state index contributed by atoms with van der Waals surface area (Å²) in [5, 5.41) is 0. The molecule has 0 unspecified atom stereocenters. The van der Waals surface area contributed by atoms with Gasteiger partial charge in [0.1, 0.15) is 6.54 Å². The summed E-state index contributed by atoms with van der Waals surface area (Å²) < 4.78 is 2.30. The lowest BCUT2D eigenvalue weighted by Crippen LogP contribution is -2.49. The minimum atomic E-state index is -0.254. The van der Waals surface area contributed by atoms with Gasteiger partial charge in [-0.1, -0.05) is 23.7 Å². The monoisotopic (exact) mass is 402 g/mol. The molecule has 8 heteroatoms. The van der Waals surface area contributed by atoms with Gasteiger partial charge in [-0.25, -0.2) is 4.98 Å². The minimum absolute atomic E-state index is 0.0349. The summed E-state index contributed by atoms with van der Waals surface area (Å²) in [5.74, 6) is -0.0349. The highest BCUT2D eigenvalue weighted by Crippen LogP contribution is 2.23.